The molecule has 1 aromatic heterocycles. The number of rotatable bonds is 7. The van der Waals surface area contributed by atoms with Crippen LogP contribution in [-0.2, 0) is 4.79 Å². The quantitative estimate of drug-likeness (QED) is 0.788. The van der Waals surface area contributed by atoms with E-state index in [1.54, 1.807) is 13.4 Å². The number of nitrogens with zero attached hydrogens (tertiary/aromatic N) is 3. The maximum atomic E-state index is 12.0. The van der Waals surface area contributed by atoms with Crippen molar-refractivity contribution in [1.29, 1.82) is 0 Å². The fourth-order valence-corrected chi connectivity index (χ4v) is 3.14. The van der Waals surface area contributed by atoms with Crippen LogP contribution in [0.4, 0.5) is 0 Å². The third-order valence-corrected chi connectivity index (χ3v) is 4.84. The van der Waals surface area contributed by atoms with Crippen molar-refractivity contribution in [3.63, 3.8) is 0 Å². The normalized spacial score (nSPS) is 15.2. The first kappa shape index (κ1) is 15.9. The number of carbonyl (C=O) groups is 1. The Morgan fingerprint density at radius 1 is 1.52 bits per heavy atom. The molecule has 1 amide bonds. The molecular formula is C16H20N4O2S. The van der Waals surface area contributed by atoms with Gasteiger partial charge in [0.15, 0.2) is 5.16 Å². The molecule has 7 heteroatoms. The summed E-state index contributed by atoms with van der Waals surface area (Å²) in [4.78, 5) is 12.0. The van der Waals surface area contributed by atoms with Crippen molar-refractivity contribution in [1.82, 2.24) is 20.1 Å². The number of ether oxygens (including phenoxy) is 1. The number of nitrogens with one attached hydrogen (secondary N) is 1. The van der Waals surface area contributed by atoms with Crippen LogP contribution in [0.1, 0.15) is 19.8 Å². The van der Waals surface area contributed by atoms with Crippen LogP contribution in [0.15, 0.2) is 35.7 Å². The lowest BCUT2D eigenvalue weighted by Crippen LogP contribution is -2.35. The Balaban J connectivity index is 1.62. The first-order valence-electron chi connectivity index (χ1n) is 7.64. The summed E-state index contributed by atoms with van der Waals surface area (Å²) in [7, 11) is 1.63. The third kappa shape index (κ3) is 4.04. The lowest BCUT2D eigenvalue weighted by molar-refractivity contribution is -0.119. The predicted molar refractivity (Wildman–Crippen MR) is 89.0 cm³/mol. The fourth-order valence-electron chi connectivity index (χ4n) is 2.40. The SMILES string of the molecule is COc1cccc(-n2cnnc2SCC(=O)N[C@@H](C)C2CC2)c1. The number of aromatic nitrogens is 3. The lowest BCUT2D eigenvalue weighted by Gasteiger charge is -2.12. The molecule has 0 saturated heterocycles. The standard InChI is InChI=1S/C16H20N4O2S/c1-11(12-6-7-12)18-15(21)9-23-16-19-17-10-20(16)13-4-3-5-14(8-13)22-2/h3-5,8,10-12H,6-7,9H2,1-2H3,(H,18,21)/t11-/m0/s1. The maximum Gasteiger partial charge on any atom is 0.230 e. The molecule has 23 heavy (non-hydrogen) atoms. The molecule has 1 saturated carbocycles. The molecule has 0 bridgehead atoms. The largest absolute Gasteiger partial charge is 0.497 e. The van der Waals surface area contributed by atoms with Gasteiger partial charge in [-0.1, -0.05) is 17.8 Å². The van der Waals surface area contributed by atoms with E-state index in [1.165, 1.54) is 24.6 Å². The van der Waals surface area contributed by atoms with E-state index in [9.17, 15) is 4.79 Å². The Kier molecular flexibility index (Phi) is 4.85. The molecule has 1 aliphatic carbocycles. The van der Waals surface area contributed by atoms with Gasteiger partial charge in [-0.2, -0.15) is 0 Å². The van der Waals surface area contributed by atoms with Gasteiger partial charge in [0.2, 0.25) is 5.91 Å². The third-order valence-electron chi connectivity index (χ3n) is 3.90. The summed E-state index contributed by atoms with van der Waals surface area (Å²) in [6.07, 6.45) is 4.08. The monoisotopic (exact) mass is 332 g/mol. The van der Waals surface area contributed by atoms with Crippen molar-refractivity contribution in [3.8, 4) is 11.4 Å². The van der Waals surface area contributed by atoms with Crippen molar-refractivity contribution >= 4 is 17.7 Å². The maximum absolute atomic E-state index is 12.0. The molecule has 3 rings (SSSR count). The molecule has 0 radical (unpaired) electrons. The highest BCUT2D eigenvalue weighted by atomic mass is 32.2. The second-order valence-corrected chi connectivity index (χ2v) is 6.61. The average molecular weight is 332 g/mol. The summed E-state index contributed by atoms with van der Waals surface area (Å²) < 4.78 is 7.09. The number of benzene rings is 1. The van der Waals surface area contributed by atoms with Crippen molar-refractivity contribution in [2.24, 2.45) is 5.92 Å². The first-order valence-corrected chi connectivity index (χ1v) is 8.62. The molecule has 2 aromatic rings. The summed E-state index contributed by atoms with van der Waals surface area (Å²) in [5.41, 5.74) is 0.906. The zero-order valence-corrected chi connectivity index (χ0v) is 14.0. The zero-order chi connectivity index (χ0) is 16.2. The molecular weight excluding hydrogens is 312 g/mol. The van der Waals surface area contributed by atoms with Crippen molar-refractivity contribution in [2.75, 3.05) is 12.9 Å². The molecule has 1 atom stereocenters. The number of hydrogen-bond donors (Lipinski definition) is 1. The highest BCUT2D eigenvalue weighted by Gasteiger charge is 2.28. The van der Waals surface area contributed by atoms with Crippen LogP contribution >= 0.6 is 11.8 Å². The molecule has 0 spiro atoms. The van der Waals surface area contributed by atoms with E-state index >= 15 is 0 Å². The molecule has 0 unspecified atom stereocenters. The van der Waals surface area contributed by atoms with Crippen molar-refractivity contribution in [2.45, 2.75) is 31.0 Å². The van der Waals surface area contributed by atoms with Gasteiger partial charge in [0, 0.05) is 12.1 Å². The molecule has 1 aliphatic rings. The molecule has 6 nitrogen and oxygen atoms in total. The number of thioether (sulfide) groups is 1. The van der Waals surface area contributed by atoms with Gasteiger partial charge in [-0.05, 0) is 37.8 Å². The van der Waals surface area contributed by atoms with Crippen LogP contribution in [0.5, 0.6) is 5.75 Å². The lowest BCUT2D eigenvalue weighted by atomic mass is 10.2. The smallest absolute Gasteiger partial charge is 0.230 e. The Labute approximate surface area is 139 Å². The Morgan fingerprint density at radius 3 is 3.09 bits per heavy atom. The molecule has 1 aromatic carbocycles. The summed E-state index contributed by atoms with van der Waals surface area (Å²) in [5, 5.41) is 11.8. The van der Waals surface area contributed by atoms with Gasteiger partial charge < -0.3 is 10.1 Å². The molecule has 122 valence electrons. The topological polar surface area (TPSA) is 69.0 Å². The Bertz CT molecular complexity index is 684. The van der Waals surface area contributed by atoms with Gasteiger partial charge in [0.25, 0.3) is 0 Å². The Hall–Kier alpha value is -2.02. The summed E-state index contributed by atoms with van der Waals surface area (Å²) in [6, 6.07) is 7.91. The van der Waals surface area contributed by atoms with Gasteiger partial charge >= 0.3 is 0 Å². The van der Waals surface area contributed by atoms with Gasteiger partial charge in [0.1, 0.15) is 12.1 Å². The summed E-state index contributed by atoms with van der Waals surface area (Å²) in [5.74, 6) is 1.79. The van der Waals surface area contributed by atoms with E-state index in [0.29, 0.717) is 16.8 Å². The van der Waals surface area contributed by atoms with Crippen LogP contribution in [0.25, 0.3) is 5.69 Å². The summed E-state index contributed by atoms with van der Waals surface area (Å²) in [6.45, 7) is 2.07. The highest BCUT2D eigenvalue weighted by Crippen LogP contribution is 2.32. The minimum absolute atomic E-state index is 0.0367. The minimum Gasteiger partial charge on any atom is -0.497 e. The number of hydrogen-bond acceptors (Lipinski definition) is 5. The van der Waals surface area contributed by atoms with E-state index in [2.05, 4.69) is 22.4 Å². The van der Waals surface area contributed by atoms with Crippen LogP contribution < -0.4 is 10.1 Å². The van der Waals surface area contributed by atoms with Gasteiger partial charge in [-0.25, -0.2) is 0 Å². The van der Waals surface area contributed by atoms with Crippen LogP contribution in [-0.4, -0.2) is 39.6 Å². The molecule has 0 aliphatic heterocycles. The van der Waals surface area contributed by atoms with E-state index in [0.717, 1.165) is 11.4 Å². The van der Waals surface area contributed by atoms with Crippen LogP contribution in [0.3, 0.4) is 0 Å². The number of amides is 1. The predicted octanol–water partition coefficient (Wildman–Crippen LogP) is 2.28. The van der Waals surface area contributed by atoms with Gasteiger partial charge in [-0.3, -0.25) is 9.36 Å². The van der Waals surface area contributed by atoms with Gasteiger partial charge in [-0.15, -0.1) is 10.2 Å². The fraction of sp³-hybridized carbons (Fsp3) is 0.438. The second-order valence-electron chi connectivity index (χ2n) is 5.67. The molecule has 1 fully saturated rings. The van der Waals surface area contributed by atoms with E-state index in [4.69, 9.17) is 4.74 Å². The number of methoxy groups -OCH3 is 1. The van der Waals surface area contributed by atoms with E-state index < -0.39 is 0 Å². The zero-order valence-electron chi connectivity index (χ0n) is 13.2. The molecule has 1 heterocycles. The van der Waals surface area contributed by atoms with Crippen molar-refractivity contribution < 1.29 is 9.53 Å². The van der Waals surface area contributed by atoms with E-state index in [1.807, 2.05) is 28.8 Å². The molecule has 1 N–H and O–H groups in total. The van der Waals surface area contributed by atoms with Crippen LogP contribution in [0.2, 0.25) is 0 Å². The second kappa shape index (κ2) is 7.04. The van der Waals surface area contributed by atoms with Crippen LogP contribution in [0, 0.1) is 5.92 Å². The van der Waals surface area contributed by atoms with E-state index in [-0.39, 0.29) is 11.9 Å². The summed E-state index contributed by atoms with van der Waals surface area (Å²) >= 11 is 1.38. The van der Waals surface area contributed by atoms with Gasteiger partial charge in [0.05, 0.1) is 18.6 Å². The van der Waals surface area contributed by atoms with Crippen molar-refractivity contribution in [3.05, 3.63) is 30.6 Å². The number of carbonyl (C=O) groups excluding carboxylic acids is 1. The highest BCUT2D eigenvalue weighted by molar-refractivity contribution is 7.99. The first-order chi connectivity index (χ1) is 11.2. The minimum atomic E-state index is 0.0367. The Morgan fingerprint density at radius 2 is 2.35 bits per heavy atom. The average Bonchev–Trinajstić information content (AvgIpc) is 3.31.